The van der Waals surface area contributed by atoms with Crippen LogP contribution in [-0.4, -0.2) is 130 Å². The van der Waals surface area contributed by atoms with Crippen LogP contribution in [-0.2, 0) is 14.2 Å². The van der Waals surface area contributed by atoms with Crippen LogP contribution in [0.2, 0.25) is 0 Å². The number of thiazole rings is 3. The van der Waals surface area contributed by atoms with Gasteiger partial charge in [0.2, 0.25) is 17.8 Å². The Kier molecular flexibility index (Phi) is 23.9. The first-order valence-corrected chi connectivity index (χ1v) is 27.8. The van der Waals surface area contributed by atoms with Gasteiger partial charge in [0.05, 0.1) is 58.3 Å². The fourth-order valence-corrected chi connectivity index (χ4v) is 10.0. The summed E-state index contributed by atoms with van der Waals surface area (Å²) in [5.41, 5.74) is 8.81. The van der Waals surface area contributed by atoms with Gasteiger partial charge in [-0.3, -0.25) is 24.5 Å². The zero-order chi connectivity index (χ0) is 59.5. The monoisotopic (exact) mass is 1190 g/mol. The number of hydrogen-bond acceptors (Lipinski definition) is 25. The normalized spacial score (nSPS) is 12.1. The summed E-state index contributed by atoms with van der Waals surface area (Å²) >= 11 is 4.02. The maximum absolute atomic E-state index is 13.4. The SMILES string of the molecule is COCCCC(=O)c1nc(N[C@@H](C)c2cncc(F)c2)nc2nc(C)sc12.COCCCC(=O)c1nc(N[C@@H](C)c2cncc(F)c2)nc2nc(C)sc12.COCCN.Cc1nc2nc(N[C@@H](C)c3cncc(F)c3)nc(C(=O)O)c2s1. The van der Waals surface area contributed by atoms with Crippen LogP contribution in [0.5, 0.6) is 0 Å². The quantitative estimate of drug-likeness (QED) is 0.0311. The summed E-state index contributed by atoms with van der Waals surface area (Å²) in [5.74, 6) is -1.91. The Balaban J connectivity index is 0.000000190. The predicted octanol–water partition coefficient (Wildman–Crippen LogP) is 9.81. The molecule has 3 atom stereocenters. The number of rotatable bonds is 22. The van der Waals surface area contributed by atoms with E-state index in [0.717, 1.165) is 28.6 Å². The van der Waals surface area contributed by atoms with Crippen LogP contribution in [0.3, 0.4) is 0 Å². The van der Waals surface area contributed by atoms with Crippen molar-refractivity contribution in [3.63, 3.8) is 0 Å². The Morgan fingerprint density at radius 3 is 1.11 bits per heavy atom. The number of pyridine rings is 3. The van der Waals surface area contributed by atoms with Crippen molar-refractivity contribution < 1.29 is 46.9 Å². The summed E-state index contributed by atoms with van der Waals surface area (Å²) in [6.07, 6.45) is 9.97. The third-order valence-electron chi connectivity index (χ3n) is 11.4. The van der Waals surface area contributed by atoms with Gasteiger partial charge in [-0.25, -0.2) is 47.9 Å². The summed E-state index contributed by atoms with van der Waals surface area (Å²) in [7, 11) is 4.84. The number of hydrogen-bond donors (Lipinski definition) is 5. The summed E-state index contributed by atoms with van der Waals surface area (Å²) in [5, 5.41) is 20.8. The number of halogens is 3. The lowest BCUT2D eigenvalue weighted by molar-refractivity contribution is 0.0692. The number of carbonyl (C=O) groups is 3. The smallest absolute Gasteiger partial charge is 0.356 e. The molecule has 9 rings (SSSR count). The highest BCUT2D eigenvalue weighted by atomic mass is 32.1. The minimum atomic E-state index is -1.15. The highest BCUT2D eigenvalue weighted by Gasteiger charge is 2.23. The molecular weight excluding hydrogens is 1130 g/mol. The molecule has 29 heteroatoms. The van der Waals surface area contributed by atoms with Crippen LogP contribution in [0.1, 0.15) is 128 Å². The number of nitrogens with zero attached hydrogens (tertiary/aromatic N) is 12. The van der Waals surface area contributed by atoms with Crippen LogP contribution in [0.4, 0.5) is 31.0 Å². The highest BCUT2D eigenvalue weighted by Crippen LogP contribution is 2.30. The molecule has 0 bridgehead atoms. The molecule has 0 aliphatic carbocycles. The number of anilines is 3. The highest BCUT2D eigenvalue weighted by molar-refractivity contribution is 7.19. The lowest BCUT2D eigenvalue weighted by atomic mass is 10.1. The van der Waals surface area contributed by atoms with Gasteiger partial charge in [0.25, 0.3) is 0 Å². The fraction of sp³-hybridized carbons (Fsp3) is 0.377. The van der Waals surface area contributed by atoms with E-state index in [4.69, 9.17) is 15.2 Å². The largest absolute Gasteiger partial charge is 0.476 e. The second-order valence-corrected chi connectivity index (χ2v) is 21.5. The average Bonchev–Trinajstić information content (AvgIpc) is 4.15. The predicted molar refractivity (Wildman–Crippen MR) is 307 cm³/mol. The molecule has 9 aromatic rings. The van der Waals surface area contributed by atoms with Crippen molar-refractivity contribution in [1.82, 2.24) is 59.8 Å². The zero-order valence-corrected chi connectivity index (χ0v) is 48.7. The third kappa shape index (κ3) is 18.1. The van der Waals surface area contributed by atoms with Gasteiger partial charge >= 0.3 is 5.97 Å². The number of aryl methyl sites for hydroxylation is 3. The van der Waals surface area contributed by atoms with Crippen molar-refractivity contribution in [2.75, 3.05) is 63.6 Å². The number of ether oxygens (including phenoxy) is 3. The molecule has 0 spiro atoms. The standard InChI is InChI=1S/2C18H20FN5O2S.C14H12FN5O2S.C3H9NO/c2*1-10(12-7-13(19)9-20-8-12)21-18-23-15(14(25)5-4-6-26-3)16-17(24-18)22-11(2)27-16;1-6(8-3-9(15)5-16-4-8)17-14-19-10(13(21)22)11-12(20-14)18-7(2)23-11;1-5-3-2-4/h2*7-10H,4-6H2,1-3H3,(H,21,23,24);3-6H,1-2H3,(H,21,22)(H,17,19,20);2-4H2,1H3/t2*10-;6-;/m000./s1. The molecule has 0 unspecified atom stereocenters. The molecule has 434 valence electrons. The molecule has 23 nitrogen and oxygen atoms in total. The Bertz CT molecular complexity index is 3450. The summed E-state index contributed by atoms with van der Waals surface area (Å²) in [6.45, 7) is 13.3. The Hall–Kier alpha value is -7.80. The van der Waals surface area contributed by atoms with Gasteiger partial charge in [0.1, 0.15) is 42.9 Å². The number of nitrogens with two attached hydrogens (primary N) is 1. The zero-order valence-electron chi connectivity index (χ0n) is 46.3. The average molecular weight is 1190 g/mol. The van der Waals surface area contributed by atoms with E-state index in [1.807, 2.05) is 27.7 Å². The van der Waals surface area contributed by atoms with Crippen molar-refractivity contribution in [3.05, 3.63) is 122 Å². The van der Waals surface area contributed by atoms with Crippen molar-refractivity contribution in [2.24, 2.45) is 5.73 Å². The first-order valence-electron chi connectivity index (χ1n) is 25.3. The molecule has 9 heterocycles. The number of aromatic nitrogens is 12. The van der Waals surface area contributed by atoms with Gasteiger partial charge in [-0.15, -0.1) is 34.0 Å². The van der Waals surface area contributed by atoms with Gasteiger partial charge in [0, 0.05) is 72.5 Å². The molecule has 0 saturated carbocycles. The first kappa shape index (κ1) is 63.4. The first-order chi connectivity index (χ1) is 39.3. The molecule has 0 saturated heterocycles. The minimum Gasteiger partial charge on any atom is -0.476 e. The maximum atomic E-state index is 13.4. The van der Waals surface area contributed by atoms with Gasteiger partial charge < -0.3 is 41.0 Å². The molecule has 0 radical (unpaired) electrons. The Morgan fingerprint density at radius 2 is 0.829 bits per heavy atom. The van der Waals surface area contributed by atoms with E-state index >= 15 is 0 Å². The van der Waals surface area contributed by atoms with Crippen LogP contribution in [0.15, 0.2) is 55.4 Å². The van der Waals surface area contributed by atoms with E-state index in [-0.39, 0.29) is 53.2 Å². The van der Waals surface area contributed by atoms with E-state index in [1.165, 1.54) is 58.4 Å². The molecule has 6 N–H and O–H groups in total. The number of carboxylic acid groups (broad SMARTS) is 1. The number of nitrogens with one attached hydrogen (secondary N) is 3. The number of methoxy groups -OCH3 is 3. The van der Waals surface area contributed by atoms with Gasteiger partial charge in [-0.1, -0.05) is 0 Å². The fourth-order valence-electron chi connectivity index (χ4n) is 7.44. The van der Waals surface area contributed by atoms with Crippen molar-refractivity contribution in [3.8, 4) is 0 Å². The molecule has 0 amide bonds. The lowest BCUT2D eigenvalue weighted by Crippen LogP contribution is -2.13. The molecule has 0 aliphatic heterocycles. The number of aromatic carboxylic acids is 1. The third-order valence-corrected chi connectivity index (χ3v) is 14.3. The minimum absolute atomic E-state index is 0.0776. The van der Waals surface area contributed by atoms with Crippen LogP contribution in [0, 0.1) is 38.2 Å². The van der Waals surface area contributed by atoms with Crippen molar-refractivity contribution in [1.29, 1.82) is 0 Å². The van der Waals surface area contributed by atoms with E-state index in [0.29, 0.717) is 116 Å². The Labute approximate surface area is 481 Å². The number of carbonyl (C=O) groups excluding carboxylic acids is 2. The van der Waals surface area contributed by atoms with Crippen LogP contribution >= 0.6 is 34.0 Å². The van der Waals surface area contributed by atoms with Crippen molar-refractivity contribution >= 4 is 100 Å². The number of Topliss-reactive ketones (excluding diaryl/α,β-unsaturated/α-hetero) is 2. The van der Waals surface area contributed by atoms with Gasteiger partial charge in [0.15, 0.2) is 34.2 Å². The molecule has 0 aliphatic rings. The molecule has 82 heavy (non-hydrogen) atoms. The molecule has 0 aromatic carbocycles. The second kappa shape index (κ2) is 30.9. The number of ketones is 2. The van der Waals surface area contributed by atoms with E-state index < -0.39 is 23.4 Å². The summed E-state index contributed by atoms with van der Waals surface area (Å²) < 4.78 is 56.4. The topological polar surface area (TPSA) is 316 Å². The van der Waals surface area contributed by atoms with Gasteiger partial charge in [-0.05, 0) is 89.3 Å². The van der Waals surface area contributed by atoms with E-state index in [1.54, 1.807) is 47.6 Å². The van der Waals surface area contributed by atoms with E-state index in [2.05, 4.69) is 80.5 Å². The maximum Gasteiger partial charge on any atom is 0.356 e. The second-order valence-electron chi connectivity index (χ2n) is 17.9. The van der Waals surface area contributed by atoms with Gasteiger partial charge in [-0.2, -0.15) is 15.0 Å². The molecular formula is C53H61F3N16O7S3. The molecule has 0 fully saturated rings. The lowest BCUT2D eigenvalue weighted by Gasteiger charge is -2.14. The summed E-state index contributed by atoms with van der Waals surface area (Å²) in [4.78, 5) is 87.1. The van der Waals surface area contributed by atoms with Crippen molar-refractivity contribution in [2.45, 2.75) is 85.4 Å². The molecule has 9 aromatic heterocycles. The summed E-state index contributed by atoms with van der Waals surface area (Å²) in [6, 6.07) is 3.20. The number of fused-ring (bicyclic) bond motifs is 3. The number of carboxylic acids is 1. The Morgan fingerprint density at radius 1 is 0.512 bits per heavy atom. The van der Waals surface area contributed by atoms with Crippen LogP contribution in [0.25, 0.3) is 31.0 Å². The van der Waals surface area contributed by atoms with E-state index in [9.17, 15) is 32.7 Å². The van der Waals surface area contributed by atoms with Crippen LogP contribution < -0.4 is 21.7 Å².